The number of hydrogen-bond acceptors (Lipinski definition) is 2. The lowest BCUT2D eigenvalue weighted by atomic mass is 9.90. The number of hydrogen-bond donors (Lipinski definition) is 1. The van der Waals surface area contributed by atoms with Gasteiger partial charge < -0.3 is 10.5 Å². The molecule has 0 aromatic heterocycles. The maximum atomic E-state index is 6.35. The lowest BCUT2D eigenvalue weighted by Gasteiger charge is -2.20. The molecule has 0 aliphatic heterocycles. The quantitative estimate of drug-likeness (QED) is 0.811. The van der Waals surface area contributed by atoms with Gasteiger partial charge >= 0.3 is 0 Å². The molecule has 1 aromatic carbocycles. The van der Waals surface area contributed by atoms with Crippen LogP contribution in [0.5, 0.6) is 5.75 Å². The Kier molecular flexibility index (Phi) is 5.53. The fraction of sp³-hybridized carbons (Fsp3) is 0.625. The smallest absolute Gasteiger partial charge is 0.137 e. The molecule has 0 heterocycles. The Morgan fingerprint density at radius 3 is 2.58 bits per heavy atom. The summed E-state index contributed by atoms with van der Waals surface area (Å²) in [5.74, 6) is 1.50. The van der Waals surface area contributed by atoms with Crippen molar-refractivity contribution in [2.24, 2.45) is 11.7 Å². The molecule has 106 valence electrons. The number of methoxy groups -OCH3 is 1. The average molecular weight is 282 g/mol. The van der Waals surface area contributed by atoms with Gasteiger partial charge in [0.15, 0.2) is 0 Å². The van der Waals surface area contributed by atoms with Crippen molar-refractivity contribution in [3.05, 3.63) is 28.8 Å². The third kappa shape index (κ3) is 4.12. The molecule has 0 radical (unpaired) electrons. The lowest BCUT2D eigenvalue weighted by Crippen LogP contribution is -2.15. The summed E-state index contributed by atoms with van der Waals surface area (Å²) >= 11 is 6.05. The summed E-state index contributed by atoms with van der Waals surface area (Å²) in [6.07, 6.45) is 9.24. The van der Waals surface area contributed by atoms with Gasteiger partial charge in [-0.3, -0.25) is 0 Å². The van der Waals surface area contributed by atoms with Crippen molar-refractivity contribution < 1.29 is 4.74 Å². The van der Waals surface area contributed by atoms with E-state index in [0.29, 0.717) is 5.02 Å². The van der Waals surface area contributed by atoms with E-state index in [4.69, 9.17) is 22.1 Å². The largest absolute Gasteiger partial charge is 0.495 e. The summed E-state index contributed by atoms with van der Waals surface area (Å²) in [7, 11) is 1.64. The molecule has 0 amide bonds. The van der Waals surface area contributed by atoms with E-state index in [1.807, 2.05) is 18.2 Å². The van der Waals surface area contributed by atoms with Crippen LogP contribution in [0, 0.1) is 5.92 Å². The van der Waals surface area contributed by atoms with Crippen LogP contribution in [0.2, 0.25) is 5.02 Å². The Morgan fingerprint density at radius 1 is 1.26 bits per heavy atom. The second-order valence-corrected chi connectivity index (χ2v) is 6.00. The van der Waals surface area contributed by atoms with Crippen LogP contribution < -0.4 is 10.5 Å². The topological polar surface area (TPSA) is 35.2 Å². The molecule has 1 saturated carbocycles. The van der Waals surface area contributed by atoms with E-state index < -0.39 is 0 Å². The predicted octanol–water partition coefficient (Wildman–Crippen LogP) is 4.71. The zero-order valence-corrected chi connectivity index (χ0v) is 12.5. The van der Waals surface area contributed by atoms with Gasteiger partial charge in [-0.25, -0.2) is 0 Å². The number of ether oxygens (including phenoxy) is 1. The van der Waals surface area contributed by atoms with Crippen LogP contribution in [-0.2, 0) is 0 Å². The van der Waals surface area contributed by atoms with E-state index in [0.717, 1.165) is 23.7 Å². The number of halogens is 1. The van der Waals surface area contributed by atoms with Gasteiger partial charge in [0.25, 0.3) is 0 Å². The minimum Gasteiger partial charge on any atom is -0.495 e. The zero-order chi connectivity index (χ0) is 13.7. The first kappa shape index (κ1) is 14.7. The van der Waals surface area contributed by atoms with Crippen LogP contribution in [0.4, 0.5) is 0 Å². The maximum absolute atomic E-state index is 6.35. The van der Waals surface area contributed by atoms with Gasteiger partial charge in [-0.2, -0.15) is 0 Å². The van der Waals surface area contributed by atoms with Crippen molar-refractivity contribution in [1.29, 1.82) is 0 Å². The van der Waals surface area contributed by atoms with Gasteiger partial charge in [0.05, 0.1) is 12.1 Å². The Hall–Kier alpha value is -0.730. The minimum absolute atomic E-state index is 0.0919. The molecular formula is C16H24ClNO. The molecule has 0 bridgehead atoms. The molecular weight excluding hydrogens is 258 g/mol. The van der Waals surface area contributed by atoms with Crippen LogP contribution in [0.25, 0.3) is 0 Å². The summed E-state index contributed by atoms with van der Waals surface area (Å²) in [6.45, 7) is 0. The molecule has 0 spiro atoms. The fourth-order valence-electron chi connectivity index (χ4n) is 3.00. The van der Waals surface area contributed by atoms with Crippen molar-refractivity contribution >= 4 is 11.6 Å². The Labute approximate surface area is 121 Å². The van der Waals surface area contributed by atoms with Crippen LogP contribution in [0.15, 0.2) is 18.2 Å². The highest BCUT2D eigenvalue weighted by atomic mass is 35.5. The Bertz CT molecular complexity index is 400. The molecule has 0 saturated heterocycles. The van der Waals surface area contributed by atoms with E-state index in [2.05, 4.69) is 0 Å². The zero-order valence-electron chi connectivity index (χ0n) is 11.7. The Morgan fingerprint density at radius 2 is 1.95 bits per heavy atom. The van der Waals surface area contributed by atoms with E-state index in [-0.39, 0.29) is 6.04 Å². The van der Waals surface area contributed by atoms with Crippen molar-refractivity contribution in [3.63, 3.8) is 0 Å². The summed E-state index contributed by atoms with van der Waals surface area (Å²) in [5.41, 5.74) is 7.48. The highest BCUT2D eigenvalue weighted by molar-refractivity contribution is 6.32. The molecule has 1 unspecified atom stereocenters. The van der Waals surface area contributed by atoms with Crippen LogP contribution in [-0.4, -0.2) is 7.11 Å². The van der Waals surface area contributed by atoms with Gasteiger partial charge in [0.1, 0.15) is 5.75 Å². The fourth-order valence-corrected chi connectivity index (χ4v) is 3.20. The van der Waals surface area contributed by atoms with Gasteiger partial charge in [0, 0.05) is 6.04 Å². The van der Waals surface area contributed by atoms with Gasteiger partial charge in [-0.15, -0.1) is 0 Å². The summed E-state index contributed by atoms with van der Waals surface area (Å²) < 4.78 is 5.26. The molecule has 1 fully saturated rings. The third-order valence-electron chi connectivity index (χ3n) is 4.17. The van der Waals surface area contributed by atoms with Crippen molar-refractivity contribution in [3.8, 4) is 5.75 Å². The summed E-state index contributed by atoms with van der Waals surface area (Å²) in [5, 5.41) is 0.646. The lowest BCUT2D eigenvalue weighted by molar-refractivity contribution is 0.389. The first-order chi connectivity index (χ1) is 9.20. The first-order valence-corrected chi connectivity index (χ1v) is 7.67. The molecule has 2 N–H and O–H groups in total. The Balaban J connectivity index is 2.00. The van der Waals surface area contributed by atoms with Gasteiger partial charge in [-0.1, -0.05) is 56.2 Å². The number of benzene rings is 1. The van der Waals surface area contributed by atoms with E-state index in [1.165, 1.54) is 38.5 Å². The average Bonchev–Trinajstić information content (AvgIpc) is 2.68. The summed E-state index contributed by atoms with van der Waals surface area (Å²) in [6, 6.07) is 5.97. The molecule has 1 aliphatic rings. The minimum atomic E-state index is 0.0919. The standard InChI is InChI=1S/C16H24ClNO/c1-19-16-11-13(8-9-14(16)17)15(18)10-12-6-4-2-3-5-7-12/h8-9,11-12,15H,2-7,10,18H2,1H3. The van der Waals surface area contributed by atoms with Crippen molar-refractivity contribution in [1.82, 2.24) is 0 Å². The SMILES string of the molecule is COc1cc(C(N)CC2CCCCCC2)ccc1Cl. The van der Waals surface area contributed by atoms with E-state index >= 15 is 0 Å². The normalized spacial score (nSPS) is 18.9. The molecule has 1 aliphatic carbocycles. The molecule has 1 aromatic rings. The monoisotopic (exact) mass is 281 g/mol. The van der Waals surface area contributed by atoms with Crippen LogP contribution in [0.3, 0.4) is 0 Å². The second kappa shape index (κ2) is 7.16. The van der Waals surface area contributed by atoms with E-state index in [9.17, 15) is 0 Å². The van der Waals surface area contributed by atoms with Gasteiger partial charge in [0.2, 0.25) is 0 Å². The molecule has 19 heavy (non-hydrogen) atoms. The summed E-state index contributed by atoms with van der Waals surface area (Å²) in [4.78, 5) is 0. The highest BCUT2D eigenvalue weighted by Crippen LogP contribution is 2.32. The van der Waals surface area contributed by atoms with Gasteiger partial charge in [-0.05, 0) is 30.0 Å². The van der Waals surface area contributed by atoms with Crippen molar-refractivity contribution in [2.45, 2.75) is 51.0 Å². The predicted molar refractivity (Wildman–Crippen MR) is 80.7 cm³/mol. The molecule has 3 heteroatoms. The molecule has 2 nitrogen and oxygen atoms in total. The van der Waals surface area contributed by atoms with Crippen LogP contribution in [0.1, 0.15) is 56.6 Å². The second-order valence-electron chi connectivity index (χ2n) is 5.59. The molecule has 1 atom stereocenters. The number of nitrogens with two attached hydrogens (primary N) is 1. The first-order valence-electron chi connectivity index (χ1n) is 7.29. The molecule has 2 rings (SSSR count). The third-order valence-corrected chi connectivity index (χ3v) is 4.48. The van der Waals surface area contributed by atoms with Crippen LogP contribution >= 0.6 is 11.6 Å². The maximum Gasteiger partial charge on any atom is 0.137 e. The number of rotatable bonds is 4. The van der Waals surface area contributed by atoms with E-state index in [1.54, 1.807) is 7.11 Å². The highest BCUT2D eigenvalue weighted by Gasteiger charge is 2.17. The van der Waals surface area contributed by atoms with Crippen molar-refractivity contribution in [2.75, 3.05) is 7.11 Å².